The predicted octanol–water partition coefficient (Wildman–Crippen LogP) is 2.01. The van der Waals surface area contributed by atoms with Crippen LogP contribution in [0.25, 0.3) is 0 Å². The van der Waals surface area contributed by atoms with Gasteiger partial charge in [-0.25, -0.2) is 9.78 Å². The number of thiazole rings is 1. The Kier molecular flexibility index (Phi) is 5.75. The van der Waals surface area contributed by atoms with Crippen molar-refractivity contribution in [2.45, 2.75) is 52.1 Å². The largest absolute Gasteiger partial charge is 0.396 e. The lowest BCUT2D eigenvalue weighted by atomic mass is 9.98. The van der Waals surface area contributed by atoms with Gasteiger partial charge in [0.25, 0.3) is 0 Å². The minimum absolute atomic E-state index is 0.0365. The highest BCUT2D eigenvalue weighted by atomic mass is 32.1. The molecule has 1 atom stereocenters. The number of aliphatic hydroxyl groups excluding tert-OH is 1. The van der Waals surface area contributed by atoms with Crippen LogP contribution < -0.4 is 10.6 Å². The molecule has 0 aliphatic heterocycles. The summed E-state index contributed by atoms with van der Waals surface area (Å²) in [6, 6.07) is -0.267. The van der Waals surface area contributed by atoms with Crippen molar-refractivity contribution in [3.63, 3.8) is 0 Å². The lowest BCUT2D eigenvalue weighted by Gasteiger charge is -2.14. The van der Waals surface area contributed by atoms with E-state index in [9.17, 15) is 4.79 Å². The molecule has 1 aromatic rings. The Hall–Kier alpha value is -1.14. The van der Waals surface area contributed by atoms with Crippen molar-refractivity contribution in [2.75, 3.05) is 6.61 Å². The van der Waals surface area contributed by atoms with Crippen molar-refractivity contribution < 1.29 is 9.90 Å². The molecule has 0 saturated heterocycles. The summed E-state index contributed by atoms with van der Waals surface area (Å²) in [6.07, 6.45) is 0.554. The Bertz CT molecular complexity index is 412. The van der Waals surface area contributed by atoms with Crippen LogP contribution in [0.2, 0.25) is 0 Å². The molecular weight excluding hydrogens is 262 g/mol. The monoisotopic (exact) mass is 285 g/mol. The number of hydrogen-bond acceptors (Lipinski definition) is 4. The molecule has 3 N–H and O–H groups in total. The number of hydrogen-bond donors (Lipinski definition) is 3. The van der Waals surface area contributed by atoms with Crippen LogP contribution in [0, 0.1) is 0 Å². The molecule has 1 rings (SSSR count). The third-order valence-electron chi connectivity index (χ3n) is 2.56. The molecule has 5 nitrogen and oxygen atoms in total. The number of carbonyl (C=O) groups is 1. The van der Waals surface area contributed by atoms with E-state index in [1.165, 1.54) is 0 Å². The summed E-state index contributed by atoms with van der Waals surface area (Å²) in [7, 11) is 0. The average molecular weight is 285 g/mol. The fourth-order valence-electron chi connectivity index (χ4n) is 1.44. The first-order valence-electron chi connectivity index (χ1n) is 6.43. The van der Waals surface area contributed by atoms with E-state index in [1.807, 2.05) is 12.3 Å². The minimum atomic E-state index is -0.230. The number of carbonyl (C=O) groups excluding carboxylic acids is 1. The number of rotatable bonds is 5. The Morgan fingerprint density at radius 2 is 2.21 bits per heavy atom. The van der Waals surface area contributed by atoms with Crippen LogP contribution in [0.15, 0.2) is 5.38 Å². The summed E-state index contributed by atoms with van der Waals surface area (Å²) < 4.78 is 0. The summed E-state index contributed by atoms with van der Waals surface area (Å²) in [6.45, 7) is 8.70. The van der Waals surface area contributed by atoms with Crippen molar-refractivity contribution in [1.29, 1.82) is 0 Å². The van der Waals surface area contributed by atoms with E-state index < -0.39 is 0 Å². The van der Waals surface area contributed by atoms with E-state index in [4.69, 9.17) is 5.11 Å². The zero-order valence-corrected chi connectivity index (χ0v) is 12.8. The van der Waals surface area contributed by atoms with Crippen LogP contribution in [-0.2, 0) is 12.0 Å². The van der Waals surface area contributed by atoms with Gasteiger partial charge in [-0.1, -0.05) is 20.8 Å². The second-order valence-electron chi connectivity index (χ2n) is 5.63. The molecule has 0 spiro atoms. The molecule has 1 aromatic heterocycles. The van der Waals surface area contributed by atoms with Crippen LogP contribution in [0.1, 0.15) is 44.8 Å². The van der Waals surface area contributed by atoms with Crippen molar-refractivity contribution in [2.24, 2.45) is 0 Å². The molecule has 1 heterocycles. The fraction of sp³-hybridized carbons (Fsp3) is 0.692. The lowest BCUT2D eigenvalue weighted by Crippen LogP contribution is -2.40. The van der Waals surface area contributed by atoms with Crippen LogP contribution in [-0.4, -0.2) is 28.8 Å². The smallest absolute Gasteiger partial charge is 0.315 e. The number of amides is 2. The third-order valence-corrected chi connectivity index (χ3v) is 3.88. The summed E-state index contributed by atoms with van der Waals surface area (Å²) in [5.41, 5.74) is 0.917. The highest BCUT2D eigenvalue weighted by molar-refractivity contribution is 7.09. The summed E-state index contributed by atoms with van der Waals surface area (Å²) in [5, 5.41) is 17.3. The van der Waals surface area contributed by atoms with Crippen LogP contribution in [0.3, 0.4) is 0 Å². The van der Waals surface area contributed by atoms with Gasteiger partial charge in [-0.05, 0) is 13.3 Å². The van der Waals surface area contributed by atoms with Crippen molar-refractivity contribution in [3.05, 3.63) is 16.1 Å². The normalized spacial score (nSPS) is 13.1. The first-order valence-corrected chi connectivity index (χ1v) is 7.31. The van der Waals surface area contributed by atoms with Crippen LogP contribution >= 0.6 is 11.3 Å². The first-order chi connectivity index (χ1) is 8.82. The molecule has 0 aliphatic rings. The second-order valence-corrected chi connectivity index (χ2v) is 6.49. The maximum absolute atomic E-state index is 11.6. The van der Waals surface area contributed by atoms with Gasteiger partial charge in [0, 0.05) is 23.4 Å². The second kappa shape index (κ2) is 6.86. The quantitative estimate of drug-likeness (QED) is 0.774. The van der Waals surface area contributed by atoms with Gasteiger partial charge >= 0.3 is 6.03 Å². The van der Waals surface area contributed by atoms with Crippen LogP contribution in [0.4, 0.5) is 4.79 Å². The van der Waals surface area contributed by atoms with E-state index in [0.29, 0.717) is 13.0 Å². The van der Waals surface area contributed by atoms with E-state index in [1.54, 1.807) is 11.3 Å². The molecule has 108 valence electrons. The van der Waals surface area contributed by atoms with E-state index in [0.717, 1.165) is 10.7 Å². The Balaban J connectivity index is 2.40. The van der Waals surface area contributed by atoms with Crippen LogP contribution in [0.5, 0.6) is 0 Å². The Morgan fingerprint density at radius 1 is 1.53 bits per heavy atom. The summed E-state index contributed by atoms with van der Waals surface area (Å²) >= 11 is 1.61. The molecule has 0 fully saturated rings. The van der Waals surface area contributed by atoms with Crippen molar-refractivity contribution in [1.82, 2.24) is 15.6 Å². The zero-order valence-electron chi connectivity index (χ0n) is 12.0. The Morgan fingerprint density at radius 3 is 2.74 bits per heavy atom. The lowest BCUT2D eigenvalue weighted by molar-refractivity contribution is 0.230. The average Bonchev–Trinajstić information content (AvgIpc) is 2.74. The van der Waals surface area contributed by atoms with Gasteiger partial charge < -0.3 is 15.7 Å². The fourth-order valence-corrected chi connectivity index (χ4v) is 2.35. The minimum Gasteiger partial charge on any atom is -0.396 e. The molecule has 0 radical (unpaired) electrons. The number of aromatic nitrogens is 1. The van der Waals surface area contributed by atoms with Gasteiger partial charge in [-0.2, -0.15) is 0 Å². The molecule has 19 heavy (non-hydrogen) atoms. The number of nitrogens with one attached hydrogen (secondary N) is 2. The van der Waals surface area contributed by atoms with E-state index in [-0.39, 0.29) is 24.1 Å². The molecular formula is C13H23N3O2S. The molecule has 0 aromatic carbocycles. The summed E-state index contributed by atoms with van der Waals surface area (Å²) in [5.74, 6) is 0. The topological polar surface area (TPSA) is 74.2 Å². The van der Waals surface area contributed by atoms with E-state index >= 15 is 0 Å². The summed E-state index contributed by atoms with van der Waals surface area (Å²) in [4.78, 5) is 16.1. The number of aliphatic hydroxyl groups is 1. The van der Waals surface area contributed by atoms with E-state index in [2.05, 4.69) is 36.4 Å². The van der Waals surface area contributed by atoms with Crippen molar-refractivity contribution >= 4 is 17.4 Å². The zero-order chi connectivity index (χ0) is 14.5. The van der Waals surface area contributed by atoms with Gasteiger partial charge in [0.15, 0.2) is 0 Å². The highest BCUT2D eigenvalue weighted by Gasteiger charge is 2.18. The number of nitrogens with zero attached hydrogens (tertiary/aromatic N) is 1. The van der Waals surface area contributed by atoms with Gasteiger partial charge in [-0.15, -0.1) is 11.3 Å². The van der Waals surface area contributed by atoms with Gasteiger partial charge in [-0.3, -0.25) is 0 Å². The van der Waals surface area contributed by atoms with Gasteiger partial charge in [0.05, 0.1) is 17.2 Å². The molecule has 0 saturated carbocycles. The first kappa shape index (κ1) is 15.9. The SMILES string of the molecule is C[C@H](CCO)NC(=O)NCc1csc(C(C)(C)C)n1. The van der Waals surface area contributed by atoms with Crippen molar-refractivity contribution in [3.8, 4) is 0 Å². The Labute approximate surface area is 118 Å². The van der Waals surface area contributed by atoms with Gasteiger partial charge in [0.1, 0.15) is 0 Å². The highest BCUT2D eigenvalue weighted by Crippen LogP contribution is 2.25. The molecule has 0 unspecified atom stereocenters. The molecule has 6 heteroatoms. The maximum atomic E-state index is 11.6. The predicted molar refractivity (Wildman–Crippen MR) is 77.4 cm³/mol. The standard InChI is InChI=1S/C13H23N3O2S/c1-9(5-6-17)15-12(18)14-7-10-8-19-11(16-10)13(2,3)4/h8-9,17H,5-7H2,1-4H3,(H2,14,15,18)/t9-/m1/s1. The number of urea groups is 1. The molecule has 0 bridgehead atoms. The maximum Gasteiger partial charge on any atom is 0.315 e. The molecule has 0 aliphatic carbocycles. The van der Waals surface area contributed by atoms with Gasteiger partial charge in [0.2, 0.25) is 0 Å². The third kappa shape index (κ3) is 5.57. The molecule has 2 amide bonds.